The highest BCUT2D eigenvalue weighted by atomic mass is 35.5. The summed E-state index contributed by atoms with van der Waals surface area (Å²) in [5.41, 5.74) is 0.515. The Morgan fingerprint density at radius 2 is 2.18 bits per heavy atom. The zero-order valence-corrected chi connectivity index (χ0v) is 12.2. The number of carboxylic acids is 1. The molecule has 7 nitrogen and oxygen atoms in total. The minimum atomic E-state index is -1.46. The monoisotopic (exact) mass is 322 g/mol. The summed E-state index contributed by atoms with van der Waals surface area (Å²) in [6.07, 6.45) is 5.14. The number of imide groups is 1. The molecule has 2 aliphatic rings. The molecular formula is C14H13ClN3O4-. The van der Waals surface area contributed by atoms with Crippen LogP contribution >= 0.6 is 11.6 Å². The number of rotatable bonds is 4. The number of amides is 2. The molecule has 22 heavy (non-hydrogen) atoms. The van der Waals surface area contributed by atoms with Gasteiger partial charge in [-0.1, -0.05) is 17.7 Å². The first-order chi connectivity index (χ1) is 10.5. The lowest BCUT2D eigenvalue weighted by atomic mass is 9.85. The van der Waals surface area contributed by atoms with Crippen molar-refractivity contribution in [1.29, 1.82) is 0 Å². The van der Waals surface area contributed by atoms with Crippen molar-refractivity contribution >= 4 is 29.4 Å². The van der Waals surface area contributed by atoms with E-state index in [1.54, 1.807) is 6.08 Å². The predicted molar refractivity (Wildman–Crippen MR) is 73.1 cm³/mol. The van der Waals surface area contributed by atoms with Gasteiger partial charge in [0.1, 0.15) is 0 Å². The summed E-state index contributed by atoms with van der Waals surface area (Å²) in [5, 5.41) is 12.0. The molecule has 0 saturated carbocycles. The number of likely N-dealkylation sites (tertiary alicyclic amines) is 1. The van der Waals surface area contributed by atoms with Crippen LogP contribution in [0.5, 0.6) is 0 Å². The van der Waals surface area contributed by atoms with Crippen LogP contribution in [0.3, 0.4) is 0 Å². The SMILES string of the molecule is O=C([O-])[C@H](Cc1cnc[nH]1)N1C(=O)[C@H]2CC(Cl)=CC[C@H]2C1=O. The van der Waals surface area contributed by atoms with Gasteiger partial charge in [-0.15, -0.1) is 0 Å². The fourth-order valence-electron chi connectivity index (χ4n) is 3.04. The normalized spacial score (nSPS) is 25.9. The fraction of sp³-hybridized carbons (Fsp3) is 0.429. The van der Waals surface area contributed by atoms with Crippen LogP contribution in [0.1, 0.15) is 18.5 Å². The molecule has 1 aromatic rings. The number of aliphatic carboxylic acids is 1. The van der Waals surface area contributed by atoms with Gasteiger partial charge in [-0.2, -0.15) is 0 Å². The summed E-state index contributed by atoms with van der Waals surface area (Å²) in [7, 11) is 0. The van der Waals surface area contributed by atoms with E-state index >= 15 is 0 Å². The van der Waals surface area contributed by atoms with Crippen molar-refractivity contribution in [3.63, 3.8) is 0 Å². The fourth-order valence-corrected chi connectivity index (χ4v) is 3.30. The lowest BCUT2D eigenvalue weighted by molar-refractivity contribution is -0.310. The van der Waals surface area contributed by atoms with Gasteiger partial charge in [0.2, 0.25) is 11.8 Å². The van der Waals surface area contributed by atoms with Gasteiger partial charge in [0.15, 0.2) is 0 Å². The number of aromatic nitrogens is 2. The quantitative estimate of drug-likeness (QED) is 0.758. The number of carbonyl (C=O) groups is 3. The predicted octanol–water partition coefficient (Wildman–Crippen LogP) is -0.412. The first-order valence-corrected chi connectivity index (χ1v) is 7.26. The van der Waals surface area contributed by atoms with Gasteiger partial charge in [0.25, 0.3) is 0 Å². The molecule has 1 aliphatic carbocycles. The second-order valence-corrected chi connectivity index (χ2v) is 5.95. The van der Waals surface area contributed by atoms with Crippen molar-refractivity contribution in [2.75, 3.05) is 0 Å². The first-order valence-electron chi connectivity index (χ1n) is 6.88. The van der Waals surface area contributed by atoms with Gasteiger partial charge < -0.3 is 14.9 Å². The average Bonchev–Trinajstić information content (AvgIpc) is 3.05. The molecule has 116 valence electrons. The van der Waals surface area contributed by atoms with Crippen LogP contribution in [0.2, 0.25) is 0 Å². The van der Waals surface area contributed by atoms with Gasteiger partial charge in [-0.3, -0.25) is 14.5 Å². The molecule has 0 radical (unpaired) electrons. The summed E-state index contributed by atoms with van der Waals surface area (Å²) < 4.78 is 0. The number of halogens is 1. The summed E-state index contributed by atoms with van der Waals surface area (Å²) in [5.74, 6) is -3.53. The molecule has 2 heterocycles. The molecule has 0 bridgehead atoms. The number of imidazole rings is 1. The van der Waals surface area contributed by atoms with Crippen molar-refractivity contribution in [3.8, 4) is 0 Å². The number of nitrogens with one attached hydrogen (secondary N) is 1. The Labute approximate surface area is 131 Å². The second-order valence-electron chi connectivity index (χ2n) is 5.47. The van der Waals surface area contributed by atoms with Crippen LogP contribution in [-0.2, 0) is 20.8 Å². The number of nitrogens with zero attached hydrogens (tertiary/aromatic N) is 2. The first kappa shape index (κ1) is 14.8. The van der Waals surface area contributed by atoms with E-state index in [1.807, 2.05) is 0 Å². The third-order valence-electron chi connectivity index (χ3n) is 4.16. The summed E-state index contributed by atoms with van der Waals surface area (Å²) in [6.45, 7) is 0. The van der Waals surface area contributed by atoms with Gasteiger partial charge in [-0.05, 0) is 12.8 Å². The van der Waals surface area contributed by atoms with Crippen LogP contribution in [0.15, 0.2) is 23.6 Å². The van der Waals surface area contributed by atoms with E-state index in [4.69, 9.17) is 11.6 Å². The molecule has 1 aromatic heterocycles. The molecule has 1 saturated heterocycles. The maximum Gasteiger partial charge on any atom is 0.234 e. The van der Waals surface area contributed by atoms with Crippen LogP contribution in [0.4, 0.5) is 0 Å². The van der Waals surface area contributed by atoms with Gasteiger partial charge in [-0.25, -0.2) is 4.98 Å². The van der Waals surface area contributed by atoms with Crippen molar-refractivity contribution in [1.82, 2.24) is 14.9 Å². The molecule has 3 atom stereocenters. The lowest BCUT2D eigenvalue weighted by Crippen LogP contribution is -2.52. The maximum absolute atomic E-state index is 12.5. The minimum Gasteiger partial charge on any atom is -0.548 e. The highest BCUT2D eigenvalue weighted by molar-refractivity contribution is 6.30. The van der Waals surface area contributed by atoms with Crippen molar-refractivity contribution in [3.05, 3.63) is 29.3 Å². The molecule has 0 spiro atoms. The zero-order valence-electron chi connectivity index (χ0n) is 11.5. The second kappa shape index (κ2) is 5.57. The van der Waals surface area contributed by atoms with E-state index in [1.165, 1.54) is 12.5 Å². The number of allylic oxidation sites excluding steroid dienone is 2. The van der Waals surface area contributed by atoms with Crippen LogP contribution < -0.4 is 5.11 Å². The molecule has 0 unspecified atom stereocenters. The third-order valence-corrected chi connectivity index (χ3v) is 4.46. The Kier molecular flexibility index (Phi) is 3.74. The van der Waals surface area contributed by atoms with Crippen LogP contribution in [-0.4, -0.2) is 38.7 Å². The Morgan fingerprint density at radius 1 is 1.45 bits per heavy atom. The number of fused-ring (bicyclic) bond motifs is 1. The van der Waals surface area contributed by atoms with E-state index in [0.717, 1.165) is 4.90 Å². The van der Waals surface area contributed by atoms with Crippen molar-refractivity contribution < 1.29 is 19.5 Å². The van der Waals surface area contributed by atoms with Crippen molar-refractivity contribution in [2.24, 2.45) is 11.8 Å². The van der Waals surface area contributed by atoms with Crippen LogP contribution in [0, 0.1) is 11.8 Å². The van der Waals surface area contributed by atoms with E-state index in [0.29, 0.717) is 17.1 Å². The maximum atomic E-state index is 12.5. The van der Waals surface area contributed by atoms with Gasteiger partial charge >= 0.3 is 0 Å². The number of H-pyrrole nitrogens is 1. The molecule has 8 heteroatoms. The number of hydrogen-bond donors (Lipinski definition) is 1. The highest BCUT2D eigenvalue weighted by Gasteiger charge is 2.50. The molecule has 0 aromatic carbocycles. The number of hydrogen-bond acceptors (Lipinski definition) is 5. The molecule has 1 fully saturated rings. The average molecular weight is 323 g/mol. The smallest absolute Gasteiger partial charge is 0.234 e. The van der Waals surface area contributed by atoms with Gasteiger partial charge in [0.05, 0.1) is 30.2 Å². The summed E-state index contributed by atoms with van der Waals surface area (Å²) in [4.78, 5) is 43.8. The molecular weight excluding hydrogens is 310 g/mol. The Bertz CT molecular complexity index is 655. The Hall–Kier alpha value is -2.15. The van der Waals surface area contributed by atoms with Crippen molar-refractivity contribution in [2.45, 2.75) is 25.3 Å². The van der Waals surface area contributed by atoms with E-state index < -0.39 is 35.7 Å². The zero-order chi connectivity index (χ0) is 15.9. The highest BCUT2D eigenvalue weighted by Crippen LogP contribution is 2.39. The molecule has 1 N–H and O–H groups in total. The minimum absolute atomic E-state index is 0.0551. The molecule has 1 aliphatic heterocycles. The summed E-state index contributed by atoms with van der Waals surface area (Å²) >= 11 is 5.94. The molecule has 3 rings (SSSR count). The van der Waals surface area contributed by atoms with E-state index in [9.17, 15) is 19.5 Å². The van der Waals surface area contributed by atoms with E-state index in [-0.39, 0.29) is 12.8 Å². The van der Waals surface area contributed by atoms with Crippen LogP contribution in [0.25, 0.3) is 0 Å². The number of carboxylic acid groups (broad SMARTS) is 1. The topological polar surface area (TPSA) is 106 Å². The number of carbonyl (C=O) groups excluding carboxylic acids is 3. The third kappa shape index (κ3) is 2.41. The van der Waals surface area contributed by atoms with E-state index in [2.05, 4.69) is 9.97 Å². The lowest BCUT2D eigenvalue weighted by Gasteiger charge is -2.27. The standard InChI is InChI=1S/C14H14ClN3O4/c15-7-1-2-9-10(3-7)13(20)18(12(9)19)11(14(21)22)4-8-5-16-6-17-8/h1,5-6,9-11H,2-4H2,(H,16,17)(H,21,22)/p-1/t9-,10+,11+/m1/s1. The largest absolute Gasteiger partial charge is 0.548 e. The molecule has 2 amide bonds. The Balaban J connectivity index is 1.87. The summed E-state index contributed by atoms with van der Waals surface area (Å²) in [6, 6.07) is -1.34. The Morgan fingerprint density at radius 3 is 2.82 bits per heavy atom. The number of aromatic amines is 1. The van der Waals surface area contributed by atoms with Gasteiger partial charge in [0, 0.05) is 23.3 Å².